The van der Waals surface area contributed by atoms with Crippen molar-refractivity contribution in [2.75, 3.05) is 13.2 Å². The summed E-state index contributed by atoms with van der Waals surface area (Å²) in [7, 11) is -3.28. The molecule has 1 N–H and O–H groups in total. The third-order valence-electron chi connectivity index (χ3n) is 4.03. The Hall–Kier alpha value is -0.130. The van der Waals surface area contributed by atoms with Gasteiger partial charge >= 0.3 is 0 Å². The Balaban J connectivity index is 2.19. The third-order valence-corrected chi connectivity index (χ3v) is 6.31. The van der Waals surface area contributed by atoms with E-state index in [1.807, 2.05) is 0 Å². The van der Waals surface area contributed by atoms with Gasteiger partial charge in [0.2, 0.25) is 10.0 Å². The monoisotopic (exact) mass is 247 g/mol. The number of aliphatic hydroxyl groups excluding tert-OH is 1. The van der Waals surface area contributed by atoms with E-state index in [0.29, 0.717) is 12.5 Å². The largest absolute Gasteiger partial charge is 0.395 e. The maximum atomic E-state index is 12.2. The van der Waals surface area contributed by atoms with Crippen LogP contribution in [0.15, 0.2) is 0 Å². The van der Waals surface area contributed by atoms with Crippen LogP contribution in [-0.2, 0) is 10.0 Å². The van der Waals surface area contributed by atoms with Crippen LogP contribution >= 0.6 is 0 Å². The summed E-state index contributed by atoms with van der Waals surface area (Å²) in [6.07, 6.45) is 5.46. The van der Waals surface area contributed by atoms with Crippen LogP contribution in [-0.4, -0.2) is 42.3 Å². The number of piperidine rings is 1. The zero-order valence-corrected chi connectivity index (χ0v) is 10.6. The van der Waals surface area contributed by atoms with Crippen molar-refractivity contribution in [3.63, 3.8) is 0 Å². The van der Waals surface area contributed by atoms with Crippen molar-refractivity contribution in [3.05, 3.63) is 0 Å². The number of rotatable bonds is 3. The average molecular weight is 247 g/mol. The van der Waals surface area contributed by atoms with Crippen molar-refractivity contribution in [2.45, 2.75) is 50.3 Å². The van der Waals surface area contributed by atoms with Gasteiger partial charge in [-0.05, 0) is 38.5 Å². The standard InChI is InChI=1S/C11H21NO3S/c1-9(8-13)16(14,15)12-7-3-5-10-4-2-6-11(10)12/h9-11,13H,2-8H2,1H3. The summed E-state index contributed by atoms with van der Waals surface area (Å²) < 4.78 is 26.1. The second-order valence-electron chi connectivity index (χ2n) is 5.05. The normalized spacial score (nSPS) is 33.6. The quantitative estimate of drug-likeness (QED) is 0.808. The molecule has 0 amide bonds. The van der Waals surface area contributed by atoms with Crippen LogP contribution in [0.4, 0.5) is 0 Å². The molecule has 3 unspecified atom stereocenters. The van der Waals surface area contributed by atoms with Gasteiger partial charge in [0.05, 0.1) is 11.9 Å². The molecule has 94 valence electrons. The van der Waals surface area contributed by atoms with E-state index in [-0.39, 0.29) is 12.6 Å². The van der Waals surface area contributed by atoms with Crippen molar-refractivity contribution in [1.82, 2.24) is 4.31 Å². The van der Waals surface area contributed by atoms with Gasteiger partial charge < -0.3 is 5.11 Å². The lowest BCUT2D eigenvalue weighted by Crippen LogP contribution is -2.49. The van der Waals surface area contributed by atoms with Crippen molar-refractivity contribution in [3.8, 4) is 0 Å². The van der Waals surface area contributed by atoms with Crippen LogP contribution in [0, 0.1) is 5.92 Å². The number of aliphatic hydroxyl groups is 1. The van der Waals surface area contributed by atoms with Gasteiger partial charge in [0.25, 0.3) is 0 Å². The van der Waals surface area contributed by atoms with Gasteiger partial charge in [-0.3, -0.25) is 0 Å². The molecule has 0 aromatic carbocycles. The summed E-state index contributed by atoms with van der Waals surface area (Å²) in [5, 5.41) is 8.38. The lowest BCUT2D eigenvalue weighted by atomic mass is 9.94. The molecule has 0 radical (unpaired) electrons. The van der Waals surface area contributed by atoms with Crippen molar-refractivity contribution in [1.29, 1.82) is 0 Å². The van der Waals surface area contributed by atoms with E-state index in [4.69, 9.17) is 5.11 Å². The fourth-order valence-corrected chi connectivity index (χ4v) is 4.74. The Kier molecular flexibility index (Phi) is 3.56. The molecule has 0 aromatic rings. The Morgan fingerprint density at radius 1 is 1.31 bits per heavy atom. The minimum atomic E-state index is -3.28. The van der Waals surface area contributed by atoms with Crippen molar-refractivity contribution in [2.24, 2.45) is 5.92 Å². The molecule has 5 heteroatoms. The first kappa shape index (κ1) is 12.3. The molecule has 1 saturated carbocycles. The van der Waals surface area contributed by atoms with Crippen LogP contribution in [0.2, 0.25) is 0 Å². The number of sulfonamides is 1. The molecule has 0 spiro atoms. The number of nitrogens with zero attached hydrogens (tertiary/aromatic N) is 1. The molecule has 2 aliphatic rings. The molecule has 4 nitrogen and oxygen atoms in total. The lowest BCUT2D eigenvalue weighted by Gasteiger charge is -2.37. The summed E-state index contributed by atoms with van der Waals surface area (Å²) >= 11 is 0. The maximum absolute atomic E-state index is 12.2. The summed E-state index contributed by atoms with van der Waals surface area (Å²) in [6.45, 7) is 1.96. The van der Waals surface area contributed by atoms with Crippen molar-refractivity contribution >= 4 is 10.0 Å². The predicted molar refractivity (Wildman–Crippen MR) is 62.5 cm³/mol. The highest BCUT2D eigenvalue weighted by Gasteiger charge is 2.42. The SMILES string of the molecule is CC(CO)S(=O)(=O)N1CCCC2CCCC21. The van der Waals surface area contributed by atoms with Gasteiger partial charge in [0.1, 0.15) is 0 Å². The Morgan fingerprint density at radius 3 is 2.69 bits per heavy atom. The highest BCUT2D eigenvalue weighted by Crippen LogP contribution is 2.38. The average Bonchev–Trinajstić information content (AvgIpc) is 2.75. The highest BCUT2D eigenvalue weighted by molar-refractivity contribution is 7.89. The molecule has 2 rings (SSSR count). The van der Waals surface area contributed by atoms with Gasteiger partial charge in [-0.1, -0.05) is 6.42 Å². The molecular formula is C11H21NO3S. The van der Waals surface area contributed by atoms with Crippen LogP contribution < -0.4 is 0 Å². The van der Waals surface area contributed by atoms with Gasteiger partial charge in [0, 0.05) is 12.6 Å². The molecule has 3 atom stereocenters. The minimum absolute atomic E-state index is 0.216. The maximum Gasteiger partial charge on any atom is 0.219 e. The first-order chi connectivity index (χ1) is 7.57. The Bertz CT molecular complexity index is 341. The summed E-state index contributed by atoms with van der Waals surface area (Å²) in [6, 6.07) is 0.216. The fourth-order valence-electron chi connectivity index (χ4n) is 3.05. The molecule has 0 aromatic heterocycles. The van der Waals surface area contributed by atoms with E-state index in [1.54, 1.807) is 11.2 Å². The van der Waals surface area contributed by atoms with Crippen LogP contribution in [0.1, 0.15) is 39.0 Å². The van der Waals surface area contributed by atoms with E-state index < -0.39 is 15.3 Å². The summed E-state index contributed by atoms with van der Waals surface area (Å²) in [4.78, 5) is 0. The number of hydrogen-bond donors (Lipinski definition) is 1. The molecule has 0 bridgehead atoms. The second kappa shape index (κ2) is 4.63. The lowest BCUT2D eigenvalue weighted by molar-refractivity contribution is 0.196. The van der Waals surface area contributed by atoms with Gasteiger partial charge in [-0.2, -0.15) is 4.31 Å². The van der Waals surface area contributed by atoms with Crippen LogP contribution in [0.5, 0.6) is 0 Å². The predicted octanol–water partition coefficient (Wildman–Crippen LogP) is 0.961. The second-order valence-corrected chi connectivity index (χ2v) is 7.35. The molecule has 1 saturated heterocycles. The van der Waals surface area contributed by atoms with E-state index in [0.717, 1.165) is 19.3 Å². The molecule has 1 heterocycles. The highest BCUT2D eigenvalue weighted by atomic mass is 32.2. The van der Waals surface area contributed by atoms with Gasteiger partial charge in [0.15, 0.2) is 0 Å². The van der Waals surface area contributed by atoms with Gasteiger partial charge in [-0.25, -0.2) is 8.42 Å². The van der Waals surface area contributed by atoms with E-state index >= 15 is 0 Å². The van der Waals surface area contributed by atoms with Crippen molar-refractivity contribution < 1.29 is 13.5 Å². The molecule has 1 aliphatic carbocycles. The zero-order chi connectivity index (χ0) is 11.8. The minimum Gasteiger partial charge on any atom is -0.395 e. The summed E-state index contributed by atoms with van der Waals surface area (Å²) in [5.41, 5.74) is 0. The van der Waals surface area contributed by atoms with E-state index in [2.05, 4.69) is 0 Å². The molecular weight excluding hydrogens is 226 g/mol. The smallest absolute Gasteiger partial charge is 0.219 e. The van der Waals surface area contributed by atoms with E-state index in [1.165, 1.54) is 12.8 Å². The van der Waals surface area contributed by atoms with Gasteiger partial charge in [-0.15, -0.1) is 0 Å². The molecule has 16 heavy (non-hydrogen) atoms. The van der Waals surface area contributed by atoms with Crippen LogP contribution in [0.25, 0.3) is 0 Å². The Morgan fingerprint density at radius 2 is 2.00 bits per heavy atom. The summed E-state index contributed by atoms with van der Waals surface area (Å²) in [5.74, 6) is 0.564. The topological polar surface area (TPSA) is 57.6 Å². The van der Waals surface area contributed by atoms with Crippen LogP contribution in [0.3, 0.4) is 0 Å². The fraction of sp³-hybridized carbons (Fsp3) is 1.00. The number of hydrogen-bond acceptors (Lipinski definition) is 3. The first-order valence-electron chi connectivity index (χ1n) is 6.19. The Labute approximate surface area is 97.7 Å². The third kappa shape index (κ3) is 2.00. The molecule has 2 fully saturated rings. The molecule has 1 aliphatic heterocycles. The first-order valence-corrected chi connectivity index (χ1v) is 7.69. The van der Waals surface area contributed by atoms with E-state index in [9.17, 15) is 8.42 Å². The zero-order valence-electron chi connectivity index (χ0n) is 9.80. The number of fused-ring (bicyclic) bond motifs is 1.